The first-order valence-corrected chi connectivity index (χ1v) is 10.6. The summed E-state index contributed by atoms with van der Waals surface area (Å²) in [6.45, 7) is 2.09. The van der Waals surface area contributed by atoms with Gasteiger partial charge in [0.15, 0.2) is 0 Å². The van der Waals surface area contributed by atoms with Gasteiger partial charge in [-0.05, 0) is 43.0 Å². The quantitative estimate of drug-likeness (QED) is 0.589. The topological polar surface area (TPSA) is 76.1 Å². The third kappa shape index (κ3) is 5.10. The summed E-state index contributed by atoms with van der Waals surface area (Å²) in [5.41, 5.74) is 2.33. The van der Waals surface area contributed by atoms with Gasteiger partial charge < -0.3 is 15.4 Å². The monoisotopic (exact) mass is 454 g/mol. The molecule has 1 aliphatic rings. The number of hydrogen-bond acceptors (Lipinski definition) is 5. The van der Waals surface area contributed by atoms with E-state index in [0.717, 1.165) is 59.2 Å². The molecule has 3 heterocycles. The molecule has 6 nitrogen and oxygen atoms in total. The Morgan fingerprint density at radius 1 is 1.17 bits per heavy atom. The van der Waals surface area contributed by atoms with Crippen LogP contribution in [0.25, 0.3) is 10.9 Å². The Morgan fingerprint density at radius 3 is 2.83 bits per heavy atom. The summed E-state index contributed by atoms with van der Waals surface area (Å²) in [6, 6.07) is 13.9. The molecule has 4 rings (SSSR count). The molecule has 0 bridgehead atoms. The van der Waals surface area contributed by atoms with E-state index in [1.165, 1.54) is 0 Å². The highest BCUT2D eigenvalue weighted by atomic mass is 79.9. The van der Waals surface area contributed by atoms with Crippen molar-refractivity contribution >= 4 is 38.6 Å². The van der Waals surface area contributed by atoms with Crippen molar-refractivity contribution in [2.24, 2.45) is 0 Å². The van der Waals surface area contributed by atoms with Gasteiger partial charge in [-0.15, -0.1) is 0 Å². The van der Waals surface area contributed by atoms with E-state index in [1.54, 1.807) is 12.3 Å². The van der Waals surface area contributed by atoms with Crippen LogP contribution in [0, 0.1) is 0 Å². The van der Waals surface area contributed by atoms with Crippen molar-refractivity contribution in [2.45, 2.75) is 25.3 Å². The minimum atomic E-state index is -0.172. The summed E-state index contributed by atoms with van der Waals surface area (Å²) in [4.78, 5) is 21.6. The molecule has 29 heavy (non-hydrogen) atoms. The van der Waals surface area contributed by atoms with Crippen molar-refractivity contribution in [3.63, 3.8) is 0 Å². The first kappa shape index (κ1) is 19.8. The van der Waals surface area contributed by atoms with Crippen molar-refractivity contribution in [1.29, 1.82) is 0 Å². The second-order valence-electron chi connectivity index (χ2n) is 7.09. The normalized spacial score (nSPS) is 14.7. The van der Waals surface area contributed by atoms with E-state index < -0.39 is 0 Å². The van der Waals surface area contributed by atoms with Crippen LogP contribution in [0.2, 0.25) is 0 Å². The van der Waals surface area contributed by atoms with Gasteiger partial charge in [0.1, 0.15) is 11.5 Å². The van der Waals surface area contributed by atoms with E-state index in [2.05, 4.69) is 36.5 Å². The Hall–Kier alpha value is -2.51. The van der Waals surface area contributed by atoms with E-state index in [0.29, 0.717) is 18.3 Å². The minimum absolute atomic E-state index is 0.172. The zero-order valence-electron chi connectivity index (χ0n) is 16.0. The molecule has 0 unspecified atom stereocenters. The molecular formula is C22H23BrN4O2. The number of pyridine rings is 2. The molecule has 3 aromatic rings. The van der Waals surface area contributed by atoms with Crippen LogP contribution in [0.5, 0.6) is 0 Å². The maximum Gasteiger partial charge on any atom is 0.269 e. The smallest absolute Gasteiger partial charge is 0.269 e. The molecular weight excluding hydrogens is 432 g/mol. The third-order valence-corrected chi connectivity index (χ3v) is 5.79. The van der Waals surface area contributed by atoms with E-state index in [4.69, 9.17) is 4.74 Å². The minimum Gasteiger partial charge on any atom is -0.381 e. The predicted molar refractivity (Wildman–Crippen MR) is 117 cm³/mol. The van der Waals surface area contributed by atoms with Crippen molar-refractivity contribution in [2.75, 3.05) is 25.1 Å². The molecule has 0 radical (unpaired) electrons. The third-order valence-electron chi connectivity index (χ3n) is 5.02. The van der Waals surface area contributed by atoms with Crippen LogP contribution in [0.15, 0.2) is 53.1 Å². The second kappa shape index (κ2) is 9.33. The lowest BCUT2D eigenvalue weighted by molar-refractivity contribution is 0.0903. The molecule has 0 saturated carbocycles. The lowest BCUT2D eigenvalue weighted by atomic mass is 10.1. The summed E-state index contributed by atoms with van der Waals surface area (Å²) in [6.07, 6.45) is 4.47. The summed E-state index contributed by atoms with van der Waals surface area (Å²) in [5.74, 6) is 0.609. The highest BCUT2D eigenvalue weighted by Gasteiger charge is 2.14. The highest BCUT2D eigenvalue weighted by molar-refractivity contribution is 9.10. The van der Waals surface area contributed by atoms with Gasteiger partial charge in [-0.25, -0.2) is 9.97 Å². The number of amides is 1. The molecule has 1 fully saturated rings. The highest BCUT2D eigenvalue weighted by Crippen LogP contribution is 2.19. The average Bonchev–Trinajstić information content (AvgIpc) is 2.75. The molecule has 1 aliphatic heterocycles. The van der Waals surface area contributed by atoms with Gasteiger partial charge >= 0.3 is 0 Å². The fourth-order valence-electron chi connectivity index (χ4n) is 3.38. The molecule has 0 spiro atoms. The Balaban J connectivity index is 1.41. The first-order chi connectivity index (χ1) is 14.2. The van der Waals surface area contributed by atoms with Gasteiger partial charge in [0.2, 0.25) is 0 Å². The SMILES string of the molecule is O=C(NCCc1ccccc1Br)c1ccc2cnc(NC3CCOCC3)cc2n1. The van der Waals surface area contributed by atoms with Crippen molar-refractivity contribution < 1.29 is 9.53 Å². The van der Waals surface area contributed by atoms with Crippen LogP contribution in [0.4, 0.5) is 5.82 Å². The summed E-state index contributed by atoms with van der Waals surface area (Å²) in [7, 11) is 0. The number of fused-ring (bicyclic) bond motifs is 1. The Labute approximate surface area is 178 Å². The van der Waals surface area contributed by atoms with Gasteiger partial charge in [0.25, 0.3) is 5.91 Å². The Bertz CT molecular complexity index is 1010. The predicted octanol–water partition coefficient (Wildman–Crippen LogP) is 3.96. The molecule has 1 aromatic carbocycles. The van der Waals surface area contributed by atoms with Gasteiger partial charge in [0, 0.05) is 47.9 Å². The molecule has 0 atom stereocenters. The van der Waals surface area contributed by atoms with E-state index >= 15 is 0 Å². The molecule has 7 heteroatoms. The van der Waals surface area contributed by atoms with Gasteiger partial charge in [-0.1, -0.05) is 34.1 Å². The molecule has 2 N–H and O–H groups in total. The molecule has 1 amide bonds. The second-order valence-corrected chi connectivity index (χ2v) is 7.94. The molecule has 150 valence electrons. The average molecular weight is 455 g/mol. The summed E-state index contributed by atoms with van der Waals surface area (Å²) in [5, 5.41) is 7.31. The van der Waals surface area contributed by atoms with Gasteiger partial charge in [0.05, 0.1) is 5.52 Å². The number of benzene rings is 1. The zero-order chi connectivity index (χ0) is 20.1. The van der Waals surface area contributed by atoms with E-state index in [-0.39, 0.29) is 5.91 Å². The van der Waals surface area contributed by atoms with Crippen LogP contribution in [-0.4, -0.2) is 41.7 Å². The van der Waals surface area contributed by atoms with Crippen molar-refractivity contribution in [3.05, 3.63) is 64.4 Å². The number of rotatable bonds is 6. The van der Waals surface area contributed by atoms with E-state index in [9.17, 15) is 4.79 Å². The lowest BCUT2D eigenvalue weighted by Gasteiger charge is -2.23. The zero-order valence-corrected chi connectivity index (χ0v) is 17.6. The molecule has 0 aliphatic carbocycles. The van der Waals surface area contributed by atoms with Crippen molar-refractivity contribution in [1.82, 2.24) is 15.3 Å². The fourth-order valence-corrected chi connectivity index (χ4v) is 3.86. The number of anilines is 1. The van der Waals surface area contributed by atoms with Crippen LogP contribution in [-0.2, 0) is 11.2 Å². The Kier molecular flexibility index (Phi) is 6.36. The summed E-state index contributed by atoms with van der Waals surface area (Å²) >= 11 is 3.53. The number of carbonyl (C=O) groups is 1. The first-order valence-electron chi connectivity index (χ1n) is 9.82. The maximum atomic E-state index is 12.5. The number of aromatic nitrogens is 2. The largest absolute Gasteiger partial charge is 0.381 e. The number of ether oxygens (including phenoxy) is 1. The number of nitrogens with zero attached hydrogens (tertiary/aromatic N) is 2. The van der Waals surface area contributed by atoms with Crippen molar-refractivity contribution in [3.8, 4) is 0 Å². The van der Waals surface area contributed by atoms with Crippen LogP contribution < -0.4 is 10.6 Å². The van der Waals surface area contributed by atoms with E-state index in [1.807, 2.05) is 36.4 Å². The van der Waals surface area contributed by atoms with Crippen LogP contribution >= 0.6 is 15.9 Å². The van der Waals surface area contributed by atoms with Gasteiger partial charge in [-0.3, -0.25) is 4.79 Å². The molecule has 2 aromatic heterocycles. The standard InChI is InChI=1S/C22H23BrN4O2/c23-18-4-2-1-3-15(18)7-10-24-22(28)19-6-5-16-14-25-21(13-20(16)27-19)26-17-8-11-29-12-9-17/h1-6,13-14,17H,7-12H2,(H,24,28)(H,25,26). The number of nitrogens with one attached hydrogen (secondary N) is 2. The van der Waals surface area contributed by atoms with Crippen LogP contribution in [0.1, 0.15) is 28.9 Å². The number of halogens is 1. The lowest BCUT2D eigenvalue weighted by Crippen LogP contribution is -2.28. The fraction of sp³-hybridized carbons (Fsp3) is 0.318. The van der Waals surface area contributed by atoms with Gasteiger partial charge in [-0.2, -0.15) is 0 Å². The van der Waals surface area contributed by atoms with Crippen LogP contribution in [0.3, 0.4) is 0 Å². The maximum absolute atomic E-state index is 12.5. The number of carbonyl (C=O) groups excluding carboxylic acids is 1. The Morgan fingerprint density at radius 2 is 2.00 bits per heavy atom. The summed E-state index contributed by atoms with van der Waals surface area (Å²) < 4.78 is 6.45. The molecule has 1 saturated heterocycles. The number of hydrogen-bond donors (Lipinski definition) is 2.